The SMILES string of the molecule is CCNC(=O)C(C)N(CCc1ccccc1)C(=O)CC. The number of carbonyl (C=O) groups is 2. The summed E-state index contributed by atoms with van der Waals surface area (Å²) in [4.78, 5) is 25.6. The fourth-order valence-electron chi connectivity index (χ4n) is 2.10. The van der Waals surface area contributed by atoms with Crippen molar-refractivity contribution in [3.05, 3.63) is 35.9 Å². The summed E-state index contributed by atoms with van der Waals surface area (Å²) < 4.78 is 0. The Labute approximate surface area is 121 Å². The number of rotatable bonds is 7. The molecule has 20 heavy (non-hydrogen) atoms. The summed E-state index contributed by atoms with van der Waals surface area (Å²) in [5, 5.41) is 2.77. The van der Waals surface area contributed by atoms with E-state index in [4.69, 9.17) is 0 Å². The molecule has 0 aliphatic heterocycles. The minimum Gasteiger partial charge on any atom is -0.355 e. The van der Waals surface area contributed by atoms with Crippen molar-refractivity contribution < 1.29 is 9.59 Å². The summed E-state index contributed by atoms with van der Waals surface area (Å²) in [6.45, 7) is 6.62. The summed E-state index contributed by atoms with van der Waals surface area (Å²) >= 11 is 0. The number of nitrogens with one attached hydrogen (secondary N) is 1. The van der Waals surface area contributed by atoms with Crippen LogP contribution in [0.1, 0.15) is 32.8 Å². The van der Waals surface area contributed by atoms with Gasteiger partial charge in [0.1, 0.15) is 6.04 Å². The molecule has 1 aromatic carbocycles. The van der Waals surface area contributed by atoms with Crippen LogP contribution in [0.4, 0.5) is 0 Å². The first-order valence-corrected chi connectivity index (χ1v) is 7.21. The summed E-state index contributed by atoms with van der Waals surface area (Å²) in [6, 6.07) is 9.57. The summed E-state index contributed by atoms with van der Waals surface area (Å²) in [5.41, 5.74) is 1.17. The lowest BCUT2D eigenvalue weighted by molar-refractivity contribution is -0.139. The van der Waals surface area contributed by atoms with E-state index in [0.717, 1.165) is 6.42 Å². The normalized spacial score (nSPS) is 11.8. The molecule has 0 spiro atoms. The Balaban J connectivity index is 2.69. The maximum Gasteiger partial charge on any atom is 0.242 e. The fraction of sp³-hybridized carbons (Fsp3) is 0.500. The van der Waals surface area contributed by atoms with Gasteiger partial charge in [-0.25, -0.2) is 0 Å². The number of carbonyl (C=O) groups excluding carboxylic acids is 2. The molecular weight excluding hydrogens is 252 g/mol. The maximum atomic E-state index is 12.0. The average molecular weight is 276 g/mol. The molecule has 0 fully saturated rings. The van der Waals surface area contributed by atoms with Crippen molar-refractivity contribution in [2.24, 2.45) is 0 Å². The van der Waals surface area contributed by atoms with Gasteiger partial charge in [-0.05, 0) is 25.8 Å². The van der Waals surface area contributed by atoms with Crippen LogP contribution in [0.2, 0.25) is 0 Å². The van der Waals surface area contributed by atoms with Gasteiger partial charge in [0.2, 0.25) is 11.8 Å². The van der Waals surface area contributed by atoms with Crippen LogP contribution in [0.3, 0.4) is 0 Å². The van der Waals surface area contributed by atoms with Crippen LogP contribution in [0.15, 0.2) is 30.3 Å². The van der Waals surface area contributed by atoms with Crippen LogP contribution in [-0.4, -0.2) is 35.8 Å². The maximum absolute atomic E-state index is 12.0. The molecule has 1 aromatic rings. The van der Waals surface area contributed by atoms with Crippen molar-refractivity contribution in [3.63, 3.8) is 0 Å². The van der Waals surface area contributed by atoms with Gasteiger partial charge in [0.25, 0.3) is 0 Å². The van der Waals surface area contributed by atoms with Crippen LogP contribution in [0, 0.1) is 0 Å². The molecule has 0 saturated heterocycles. The first-order valence-electron chi connectivity index (χ1n) is 7.21. The van der Waals surface area contributed by atoms with E-state index in [9.17, 15) is 9.59 Å². The van der Waals surface area contributed by atoms with Gasteiger partial charge in [-0.3, -0.25) is 9.59 Å². The molecule has 0 aromatic heterocycles. The van der Waals surface area contributed by atoms with Crippen LogP contribution in [-0.2, 0) is 16.0 Å². The average Bonchev–Trinajstić information content (AvgIpc) is 2.48. The lowest BCUT2D eigenvalue weighted by Gasteiger charge is -2.28. The molecule has 0 aliphatic carbocycles. The summed E-state index contributed by atoms with van der Waals surface area (Å²) in [7, 11) is 0. The van der Waals surface area contributed by atoms with Crippen molar-refractivity contribution in [1.82, 2.24) is 10.2 Å². The third-order valence-corrected chi connectivity index (χ3v) is 3.30. The van der Waals surface area contributed by atoms with Crippen molar-refractivity contribution in [3.8, 4) is 0 Å². The van der Waals surface area contributed by atoms with Gasteiger partial charge in [-0.2, -0.15) is 0 Å². The van der Waals surface area contributed by atoms with E-state index in [2.05, 4.69) is 5.32 Å². The smallest absolute Gasteiger partial charge is 0.242 e. The number of likely N-dealkylation sites (N-methyl/N-ethyl adjacent to an activating group) is 1. The molecule has 0 bridgehead atoms. The highest BCUT2D eigenvalue weighted by atomic mass is 16.2. The predicted octanol–water partition coefficient (Wildman–Crippen LogP) is 1.99. The topological polar surface area (TPSA) is 49.4 Å². The molecule has 4 nitrogen and oxygen atoms in total. The largest absolute Gasteiger partial charge is 0.355 e. The van der Waals surface area contributed by atoms with Gasteiger partial charge >= 0.3 is 0 Å². The lowest BCUT2D eigenvalue weighted by atomic mass is 10.1. The van der Waals surface area contributed by atoms with Crippen LogP contribution in [0.5, 0.6) is 0 Å². The molecule has 0 saturated carbocycles. The van der Waals surface area contributed by atoms with Gasteiger partial charge < -0.3 is 10.2 Å². The molecule has 0 radical (unpaired) electrons. The zero-order valence-corrected chi connectivity index (χ0v) is 12.6. The number of hydrogen-bond acceptors (Lipinski definition) is 2. The Morgan fingerprint density at radius 1 is 1.20 bits per heavy atom. The number of benzene rings is 1. The second-order valence-electron chi connectivity index (χ2n) is 4.75. The monoisotopic (exact) mass is 276 g/mol. The zero-order valence-electron chi connectivity index (χ0n) is 12.6. The molecule has 4 heteroatoms. The summed E-state index contributed by atoms with van der Waals surface area (Å²) in [6.07, 6.45) is 1.18. The van der Waals surface area contributed by atoms with Crippen LogP contribution in [0.25, 0.3) is 0 Å². The van der Waals surface area contributed by atoms with Gasteiger partial charge in [-0.1, -0.05) is 37.3 Å². The van der Waals surface area contributed by atoms with E-state index in [1.165, 1.54) is 5.56 Å². The molecular formula is C16H24N2O2. The molecule has 0 heterocycles. The number of amides is 2. The third-order valence-electron chi connectivity index (χ3n) is 3.30. The minimum atomic E-state index is -0.425. The van der Waals surface area contributed by atoms with Gasteiger partial charge in [0.15, 0.2) is 0 Å². The van der Waals surface area contributed by atoms with E-state index in [1.54, 1.807) is 11.8 Å². The van der Waals surface area contributed by atoms with E-state index in [-0.39, 0.29) is 11.8 Å². The van der Waals surface area contributed by atoms with Gasteiger partial charge in [-0.15, -0.1) is 0 Å². The van der Waals surface area contributed by atoms with E-state index in [0.29, 0.717) is 19.5 Å². The molecule has 1 atom stereocenters. The van der Waals surface area contributed by atoms with Gasteiger partial charge in [0, 0.05) is 19.5 Å². The second-order valence-corrected chi connectivity index (χ2v) is 4.75. The van der Waals surface area contributed by atoms with E-state index < -0.39 is 6.04 Å². The van der Waals surface area contributed by atoms with E-state index >= 15 is 0 Å². The molecule has 2 amide bonds. The second kappa shape index (κ2) is 8.35. The van der Waals surface area contributed by atoms with Crippen molar-refractivity contribution in [2.75, 3.05) is 13.1 Å². The first kappa shape index (κ1) is 16.2. The quantitative estimate of drug-likeness (QED) is 0.828. The minimum absolute atomic E-state index is 0.0136. The third kappa shape index (κ3) is 4.68. The molecule has 1 N–H and O–H groups in total. The molecule has 110 valence electrons. The number of nitrogens with zero attached hydrogens (tertiary/aromatic N) is 1. The van der Waals surface area contributed by atoms with Gasteiger partial charge in [0.05, 0.1) is 0 Å². The Morgan fingerprint density at radius 2 is 1.85 bits per heavy atom. The standard InChI is InChI=1S/C16H24N2O2/c1-4-15(19)18(13(3)16(20)17-5-2)12-11-14-9-7-6-8-10-14/h6-10,13H,4-5,11-12H2,1-3H3,(H,17,20). The molecule has 1 unspecified atom stereocenters. The molecule has 0 aliphatic rings. The molecule has 1 rings (SSSR count). The predicted molar refractivity (Wildman–Crippen MR) is 80.3 cm³/mol. The van der Waals surface area contributed by atoms with E-state index in [1.807, 2.05) is 44.2 Å². The van der Waals surface area contributed by atoms with Crippen molar-refractivity contribution >= 4 is 11.8 Å². The van der Waals surface area contributed by atoms with Crippen LogP contribution >= 0.6 is 0 Å². The highest BCUT2D eigenvalue weighted by Gasteiger charge is 2.23. The number of hydrogen-bond donors (Lipinski definition) is 1. The van der Waals surface area contributed by atoms with Crippen molar-refractivity contribution in [1.29, 1.82) is 0 Å². The zero-order chi connectivity index (χ0) is 15.0. The highest BCUT2D eigenvalue weighted by molar-refractivity contribution is 5.87. The summed E-state index contributed by atoms with van der Waals surface area (Å²) in [5.74, 6) is -0.0814. The lowest BCUT2D eigenvalue weighted by Crippen LogP contribution is -2.48. The Morgan fingerprint density at radius 3 is 2.40 bits per heavy atom. The van der Waals surface area contributed by atoms with Crippen LogP contribution < -0.4 is 5.32 Å². The Bertz CT molecular complexity index is 431. The Hall–Kier alpha value is -1.84. The Kier molecular flexibility index (Phi) is 6.77. The first-order chi connectivity index (χ1) is 9.60. The van der Waals surface area contributed by atoms with Crippen molar-refractivity contribution in [2.45, 2.75) is 39.7 Å². The fourth-order valence-corrected chi connectivity index (χ4v) is 2.10. The highest BCUT2D eigenvalue weighted by Crippen LogP contribution is 2.07.